The number of primary sulfonamides is 1. The van der Waals surface area contributed by atoms with Crippen LogP contribution in [-0.4, -0.2) is 8.42 Å². The Hall–Kier alpha value is -0.940. The molecular weight excluding hydrogens is 193 g/mol. The lowest BCUT2D eigenvalue weighted by molar-refractivity contribution is 0.591. The van der Waals surface area contributed by atoms with Crippen molar-refractivity contribution in [2.45, 2.75) is 18.2 Å². The van der Waals surface area contributed by atoms with Crippen LogP contribution in [0.3, 0.4) is 0 Å². The highest BCUT2D eigenvalue weighted by atomic mass is 32.2. The predicted molar refractivity (Wildman–Crippen MR) is 47.2 cm³/mol. The fourth-order valence-electron chi connectivity index (χ4n) is 0.989. The zero-order valence-electron chi connectivity index (χ0n) is 7.12. The summed E-state index contributed by atoms with van der Waals surface area (Å²) in [7, 11) is -3.80. The van der Waals surface area contributed by atoms with Crippen LogP contribution in [0.1, 0.15) is 12.5 Å². The number of rotatable bonds is 2. The molecule has 3 nitrogen and oxygen atoms in total. The normalized spacial score (nSPS) is 11.6. The molecule has 0 saturated carbocycles. The average Bonchev–Trinajstić information content (AvgIpc) is 2.01. The zero-order valence-corrected chi connectivity index (χ0v) is 7.94. The molecule has 1 rings (SSSR count). The van der Waals surface area contributed by atoms with Gasteiger partial charge in [0.1, 0.15) is 5.82 Å². The second kappa shape index (κ2) is 3.43. The highest BCUT2D eigenvalue weighted by Gasteiger charge is 2.09. The van der Waals surface area contributed by atoms with Crippen LogP contribution in [0.4, 0.5) is 4.39 Å². The van der Waals surface area contributed by atoms with Gasteiger partial charge in [-0.3, -0.25) is 0 Å². The van der Waals surface area contributed by atoms with E-state index >= 15 is 0 Å². The molecule has 5 heteroatoms. The third-order valence-electron chi connectivity index (χ3n) is 1.67. The van der Waals surface area contributed by atoms with Gasteiger partial charge in [-0.15, -0.1) is 0 Å². The number of benzene rings is 1. The first-order valence-electron chi connectivity index (χ1n) is 3.75. The van der Waals surface area contributed by atoms with Crippen molar-refractivity contribution in [2.24, 2.45) is 5.14 Å². The summed E-state index contributed by atoms with van der Waals surface area (Å²) in [5, 5.41) is 4.85. The number of aryl methyl sites for hydroxylation is 1. The Balaban J connectivity index is 3.33. The maximum Gasteiger partial charge on any atom is 0.238 e. The molecule has 0 aliphatic rings. The van der Waals surface area contributed by atoms with Crippen molar-refractivity contribution in [2.75, 3.05) is 0 Å². The van der Waals surface area contributed by atoms with E-state index in [2.05, 4.69) is 0 Å². The second-order valence-corrected chi connectivity index (χ2v) is 4.26. The smallest absolute Gasteiger partial charge is 0.225 e. The van der Waals surface area contributed by atoms with Gasteiger partial charge < -0.3 is 0 Å². The summed E-state index contributed by atoms with van der Waals surface area (Å²) in [4.78, 5) is -0.177. The number of sulfonamides is 1. The van der Waals surface area contributed by atoms with E-state index < -0.39 is 15.8 Å². The van der Waals surface area contributed by atoms with E-state index in [9.17, 15) is 12.8 Å². The van der Waals surface area contributed by atoms with Crippen LogP contribution >= 0.6 is 0 Å². The van der Waals surface area contributed by atoms with E-state index in [1.807, 2.05) is 6.92 Å². The van der Waals surface area contributed by atoms with Gasteiger partial charge in [0.2, 0.25) is 10.0 Å². The van der Waals surface area contributed by atoms with Gasteiger partial charge in [-0.05, 0) is 30.2 Å². The van der Waals surface area contributed by atoms with Crippen LogP contribution in [0.2, 0.25) is 0 Å². The average molecular weight is 203 g/mol. The molecule has 13 heavy (non-hydrogen) atoms. The van der Waals surface area contributed by atoms with Crippen molar-refractivity contribution in [3.8, 4) is 0 Å². The quantitative estimate of drug-likeness (QED) is 0.780. The van der Waals surface area contributed by atoms with Gasteiger partial charge >= 0.3 is 0 Å². The minimum Gasteiger partial charge on any atom is -0.225 e. The van der Waals surface area contributed by atoms with E-state index in [4.69, 9.17) is 5.14 Å². The lowest BCUT2D eigenvalue weighted by Gasteiger charge is -2.01. The van der Waals surface area contributed by atoms with E-state index in [0.29, 0.717) is 12.0 Å². The summed E-state index contributed by atoms with van der Waals surface area (Å²) >= 11 is 0. The maximum absolute atomic E-state index is 12.8. The number of hydrogen-bond acceptors (Lipinski definition) is 2. The van der Waals surface area contributed by atoms with Crippen LogP contribution in [0.5, 0.6) is 0 Å². The molecule has 0 amide bonds. The topological polar surface area (TPSA) is 60.2 Å². The maximum atomic E-state index is 12.8. The van der Waals surface area contributed by atoms with Gasteiger partial charge in [0.25, 0.3) is 0 Å². The van der Waals surface area contributed by atoms with E-state index in [0.717, 1.165) is 6.07 Å². The lowest BCUT2D eigenvalue weighted by atomic mass is 10.2. The summed E-state index contributed by atoms with van der Waals surface area (Å²) in [6, 6.07) is 3.57. The standard InChI is InChI=1S/C8H10FNO2S/c1-2-6-3-7(9)5-8(4-6)13(10,11)12/h3-5H,2H2,1H3,(H2,10,11,12). The Morgan fingerprint density at radius 1 is 1.38 bits per heavy atom. The highest BCUT2D eigenvalue weighted by molar-refractivity contribution is 7.89. The Bertz CT molecular complexity index is 414. The Morgan fingerprint density at radius 2 is 2.00 bits per heavy atom. The van der Waals surface area contributed by atoms with Gasteiger partial charge in [-0.25, -0.2) is 17.9 Å². The molecule has 0 fully saturated rings. The summed E-state index contributed by atoms with van der Waals surface area (Å²) in [6.07, 6.45) is 0.570. The molecule has 0 spiro atoms. The Labute approximate surface area is 76.4 Å². The first-order chi connectivity index (χ1) is 5.93. The Kier molecular flexibility index (Phi) is 2.68. The number of halogens is 1. The summed E-state index contributed by atoms with van der Waals surface area (Å²) in [6.45, 7) is 1.81. The molecule has 72 valence electrons. The minimum atomic E-state index is -3.80. The first kappa shape index (κ1) is 10.1. The summed E-state index contributed by atoms with van der Waals surface area (Å²) in [5.41, 5.74) is 0.615. The SMILES string of the molecule is CCc1cc(F)cc(S(N)(=O)=O)c1. The molecule has 0 unspecified atom stereocenters. The van der Waals surface area contributed by atoms with E-state index in [1.54, 1.807) is 0 Å². The van der Waals surface area contributed by atoms with E-state index in [1.165, 1.54) is 12.1 Å². The molecule has 2 N–H and O–H groups in total. The van der Waals surface area contributed by atoms with Crippen molar-refractivity contribution in [3.63, 3.8) is 0 Å². The molecule has 0 aromatic heterocycles. The summed E-state index contributed by atoms with van der Waals surface area (Å²) in [5.74, 6) is -0.580. The van der Waals surface area contributed by atoms with Crippen molar-refractivity contribution in [1.29, 1.82) is 0 Å². The van der Waals surface area contributed by atoms with Crippen molar-refractivity contribution in [1.82, 2.24) is 0 Å². The van der Waals surface area contributed by atoms with Gasteiger partial charge in [-0.2, -0.15) is 0 Å². The van der Waals surface area contributed by atoms with Crippen LogP contribution in [-0.2, 0) is 16.4 Å². The van der Waals surface area contributed by atoms with Crippen LogP contribution < -0.4 is 5.14 Å². The van der Waals surface area contributed by atoms with Crippen LogP contribution in [0.25, 0.3) is 0 Å². The minimum absolute atomic E-state index is 0.177. The molecule has 0 aliphatic heterocycles. The Morgan fingerprint density at radius 3 is 2.46 bits per heavy atom. The zero-order chi connectivity index (χ0) is 10.1. The second-order valence-electron chi connectivity index (χ2n) is 2.69. The first-order valence-corrected chi connectivity index (χ1v) is 5.30. The molecule has 0 aliphatic carbocycles. The monoisotopic (exact) mass is 203 g/mol. The molecule has 1 aromatic rings. The third kappa shape index (κ3) is 2.50. The van der Waals surface area contributed by atoms with Gasteiger partial charge in [-0.1, -0.05) is 6.92 Å². The molecule has 1 aromatic carbocycles. The molecular formula is C8H10FNO2S. The molecule has 0 saturated heterocycles. The van der Waals surface area contributed by atoms with Gasteiger partial charge in [0, 0.05) is 0 Å². The number of nitrogens with two attached hydrogens (primary N) is 1. The highest BCUT2D eigenvalue weighted by Crippen LogP contribution is 2.13. The molecule has 0 bridgehead atoms. The molecule has 0 heterocycles. The van der Waals surface area contributed by atoms with Gasteiger partial charge in [0.15, 0.2) is 0 Å². The fraction of sp³-hybridized carbons (Fsp3) is 0.250. The van der Waals surface area contributed by atoms with Crippen molar-refractivity contribution < 1.29 is 12.8 Å². The molecule has 0 atom stereocenters. The predicted octanol–water partition coefficient (Wildman–Crippen LogP) is 1.04. The van der Waals surface area contributed by atoms with Crippen LogP contribution in [0.15, 0.2) is 23.1 Å². The van der Waals surface area contributed by atoms with Crippen molar-refractivity contribution >= 4 is 10.0 Å². The van der Waals surface area contributed by atoms with E-state index in [-0.39, 0.29) is 4.90 Å². The molecule has 0 radical (unpaired) electrons. The van der Waals surface area contributed by atoms with Crippen LogP contribution in [0, 0.1) is 5.82 Å². The fourth-order valence-corrected chi connectivity index (χ4v) is 1.58. The third-order valence-corrected chi connectivity index (χ3v) is 2.56. The van der Waals surface area contributed by atoms with Crippen molar-refractivity contribution in [3.05, 3.63) is 29.6 Å². The summed E-state index contributed by atoms with van der Waals surface area (Å²) < 4.78 is 34.6. The number of hydrogen-bond donors (Lipinski definition) is 1. The largest absolute Gasteiger partial charge is 0.238 e. The lowest BCUT2D eigenvalue weighted by Crippen LogP contribution is -2.12. The van der Waals surface area contributed by atoms with Gasteiger partial charge in [0.05, 0.1) is 4.90 Å².